The molecule has 1 nitrogen and oxygen atoms in total. The predicted molar refractivity (Wildman–Crippen MR) is 72.2 cm³/mol. The number of ketones is 1. The quantitative estimate of drug-likeness (QED) is 0.294. The van der Waals surface area contributed by atoms with Crippen molar-refractivity contribution in [2.75, 3.05) is 0 Å². The Morgan fingerprint density at radius 3 is 2.14 bits per heavy atom. The van der Waals surface area contributed by atoms with Gasteiger partial charge in [-0.05, 0) is 23.8 Å². The van der Waals surface area contributed by atoms with E-state index < -0.39 is 17.5 Å². The van der Waals surface area contributed by atoms with Crippen LogP contribution < -0.4 is 0 Å². The van der Waals surface area contributed by atoms with Crippen molar-refractivity contribution in [3.63, 3.8) is 0 Å². The molecule has 0 radical (unpaired) electrons. The molecular weight excluding hydrogens is 550 g/mol. The first-order chi connectivity index (χ1) is 9.24. The van der Waals surface area contributed by atoms with E-state index in [1.54, 1.807) is 0 Å². The van der Waals surface area contributed by atoms with Crippen LogP contribution in [-0.2, 0) is 4.79 Å². The summed E-state index contributed by atoms with van der Waals surface area (Å²) in [7, 11) is 0. The molecule has 1 rings (SSSR count). The maximum absolute atomic E-state index is 13.0. The summed E-state index contributed by atoms with van der Waals surface area (Å²) in [5.74, 6) is -0.977. The van der Waals surface area contributed by atoms with Crippen LogP contribution >= 0.6 is 23.2 Å². The number of halogens is 5. The van der Waals surface area contributed by atoms with Crippen molar-refractivity contribution in [1.82, 2.24) is 0 Å². The van der Waals surface area contributed by atoms with Gasteiger partial charge in [0.15, 0.2) is 0 Å². The normalized spacial score (nSPS) is 12.1. The molecule has 1 aromatic rings. The summed E-state index contributed by atoms with van der Waals surface area (Å²) in [6, 6.07) is 3.43. The van der Waals surface area contributed by atoms with Crippen molar-refractivity contribution in [3.05, 3.63) is 64.7 Å². The zero-order valence-corrected chi connectivity index (χ0v) is 16.0. The third-order valence-electron chi connectivity index (χ3n) is 2.08. The SMILES string of the molecule is [CH-]=CC=[C-]C(=O)/C=C(\c1cc(Cl)cc(Cl)c1)C(F)(F)F.[U+2]. The van der Waals surface area contributed by atoms with Gasteiger partial charge in [0.1, 0.15) is 0 Å². The molecule has 0 atom stereocenters. The first kappa shape index (κ1) is 20.5. The van der Waals surface area contributed by atoms with Gasteiger partial charge >= 0.3 is 37.3 Å². The number of hydrogen-bond acceptors (Lipinski definition) is 1. The van der Waals surface area contributed by atoms with Crippen LogP contribution in [0.5, 0.6) is 0 Å². The van der Waals surface area contributed by atoms with Gasteiger partial charge in [0.2, 0.25) is 0 Å². The van der Waals surface area contributed by atoms with Gasteiger partial charge in [0.05, 0.1) is 5.78 Å². The second kappa shape index (κ2) is 8.85. The molecule has 0 aromatic heterocycles. The van der Waals surface area contributed by atoms with Crippen molar-refractivity contribution >= 4 is 34.6 Å². The molecule has 0 unspecified atom stereocenters. The molecule has 0 heterocycles. The fourth-order valence-corrected chi connectivity index (χ4v) is 1.87. The molecule has 0 amide bonds. The first-order valence-corrected chi connectivity index (χ1v) is 5.92. The van der Waals surface area contributed by atoms with E-state index in [-0.39, 0.29) is 46.7 Å². The van der Waals surface area contributed by atoms with E-state index in [0.29, 0.717) is 6.08 Å². The van der Waals surface area contributed by atoms with Crippen LogP contribution in [0.25, 0.3) is 5.57 Å². The fraction of sp³-hybridized carbons (Fsp3) is 0.0714. The number of carbonyl (C=O) groups is 1. The number of allylic oxidation sites excluding steroid dienone is 5. The molecule has 21 heavy (non-hydrogen) atoms. The second-order valence-corrected chi connectivity index (χ2v) is 4.45. The van der Waals surface area contributed by atoms with Gasteiger partial charge in [0, 0.05) is 15.6 Å². The summed E-state index contributed by atoms with van der Waals surface area (Å²) < 4.78 is 38.9. The molecule has 108 valence electrons. The van der Waals surface area contributed by atoms with Crippen LogP contribution in [0.4, 0.5) is 13.2 Å². The molecule has 0 saturated heterocycles. The van der Waals surface area contributed by atoms with Crippen LogP contribution in [0.15, 0.2) is 36.4 Å². The fourth-order valence-electron chi connectivity index (χ4n) is 1.34. The Hall–Kier alpha value is -0.468. The van der Waals surface area contributed by atoms with Crippen LogP contribution in [-0.4, -0.2) is 12.0 Å². The van der Waals surface area contributed by atoms with Gasteiger partial charge in [0.25, 0.3) is 0 Å². The van der Waals surface area contributed by atoms with Gasteiger partial charge in [-0.25, -0.2) is 6.08 Å². The molecule has 0 bridgehead atoms. The molecule has 1 aromatic carbocycles. The molecule has 0 aliphatic rings. The number of rotatable bonds is 4. The summed E-state index contributed by atoms with van der Waals surface area (Å²) in [6.07, 6.45) is -0.293. The molecule has 0 N–H and O–H groups in total. The average molecular weight is 557 g/mol. The number of carbonyl (C=O) groups excluding carboxylic acids is 1. The summed E-state index contributed by atoms with van der Waals surface area (Å²) in [5, 5.41) is 0.0647. The van der Waals surface area contributed by atoms with Crippen LogP contribution in [0.3, 0.4) is 0 Å². The molecule has 0 saturated carbocycles. The van der Waals surface area contributed by atoms with Crippen molar-refractivity contribution in [3.8, 4) is 0 Å². The topological polar surface area (TPSA) is 17.1 Å². The van der Waals surface area contributed by atoms with E-state index in [9.17, 15) is 18.0 Å². The zero-order chi connectivity index (χ0) is 15.3. The minimum absolute atomic E-state index is 0. The number of benzene rings is 1. The summed E-state index contributed by atoms with van der Waals surface area (Å²) >= 11 is 11.3. The van der Waals surface area contributed by atoms with Crippen molar-refractivity contribution in [2.45, 2.75) is 6.18 Å². The van der Waals surface area contributed by atoms with E-state index in [2.05, 4.69) is 0 Å². The summed E-state index contributed by atoms with van der Waals surface area (Å²) in [6.45, 7) is 4.97. The van der Waals surface area contributed by atoms with Gasteiger partial charge < -0.3 is 23.5 Å². The molecule has 0 aliphatic carbocycles. The monoisotopic (exact) mass is 556 g/mol. The maximum atomic E-state index is 13.0. The van der Waals surface area contributed by atoms with Gasteiger partial charge in [-0.3, -0.25) is 0 Å². The average Bonchev–Trinajstić information content (AvgIpc) is 2.30. The number of hydrogen-bond donors (Lipinski definition) is 0. The Bertz CT molecular complexity index is 572. The summed E-state index contributed by atoms with van der Waals surface area (Å²) in [4.78, 5) is 11.3. The Balaban J connectivity index is 0.00000400. The largest absolute Gasteiger partial charge is 2.00 e. The van der Waals surface area contributed by atoms with E-state index in [4.69, 9.17) is 29.8 Å². The van der Waals surface area contributed by atoms with E-state index >= 15 is 0 Å². The Morgan fingerprint density at radius 1 is 1.19 bits per heavy atom. The molecule has 0 spiro atoms. The molecular formula is C14H7Cl2F3OU. The van der Waals surface area contributed by atoms with Crippen molar-refractivity contribution in [2.24, 2.45) is 0 Å². The van der Waals surface area contributed by atoms with Gasteiger partial charge in [-0.15, -0.1) is 6.08 Å². The predicted octanol–water partition coefficient (Wildman–Crippen LogP) is 4.86. The van der Waals surface area contributed by atoms with Crippen LogP contribution in [0.1, 0.15) is 5.56 Å². The zero-order valence-electron chi connectivity index (χ0n) is 10.3. The van der Waals surface area contributed by atoms with Crippen molar-refractivity contribution < 1.29 is 49.1 Å². The Kier molecular flexibility index (Phi) is 8.65. The minimum Gasteiger partial charge on any atom is -0.361 e. The Labute approximate surface area is 153 Å². The minimum atomic E-state index is -4.74. The molecule has 0 aliphatic heterocycles. The van der Waals surface area contributed by atoms with E-state index in [1.807, 2.05) is 6.08 Å². The standard InChI is InChI=1S/C14H7Cl2F3O.U/c1-2-3-4-12(20)8-13(14(17,18)19)9-5-10(15)7-11(16)6-9;/h1-3,5-8H;/q-2;+2/b13-8+;. The van der Waals surface area contributed by atoms with Gasteiger partial charge in [-0.2, -0.15) is 13.2 Å². The third-order valence-corrected chi connectivity index (χ3v) is 2.51. The first-order valence-electron chi connectivity index (χ1n) is 5.16. The molecule has 7 heteroatoms. The van der Waals surface area contributed by atoms with Crippen LogP contribution in [0, 0.1) is 43.8 Å². The smallest absolute Gasteiger partial charge is 0.361 e. The van der Waals surface area contributed by atoms with E-state index in [0.717, 1.165) is 24.3 Å². The number of alkyl halides is 3. The Morgan fingerprint density at radius 2 is 1.71 bits per heavy atom. The third kappa shape index (κ3) is 6.88. The second-order valence-electron chi connectivity index (χ2n) is 3.58. The van der Waals surface area contributed by atoms with Crippen LogP contribution in [0.2, 0.25) is 10.0 Å². The summed E-state index contributed by atoms with van der Waals surface area (Å²) in [5.41, 5.74) is -1.47. The van der Waals surface area contributed by atoms with Gasteiger partial charge in [-0.1, -0.05) is 23.2 Å². The maximum Gasteiger partial charge on any atom is 2.00 e. The van der Waals surface area contributed by atoms with E-state index in [1.165, 1.54) is 6.07 Å². The molecule has 0 fully saturated rings. The van der Waals surface area contributed by atoms with Crippen molar-refractivity contribution in [1.29, 1.82) is 0 Å².